The summed E-state index contributed by atoms with van der Waals surface area (Å²) in [5.41, 5.74) is 0.971. The number of rotatable bonds is 6. The highest BCUT2D eigenvalue weighted by atomic mass is 35.5. The summed E-state index contributed by atoms with van der Waals surface area (Å²) in [7, 11) is 1.56. The number of anilines is 3. The zero-order valence-corrected chi connectivity index (χ0v) is 16.7. The first kappa shape index (κ1) is 19.8. The maximum atomic E-state index is 13.0. The van der Waals surface area contributed by atoms with E-state index in [0.717, 1.165) is 0 Å². The van der Waals surface area contributed by atoms with E-state index in [-0.39, 0.29) is 17.8 Å². The molecule has 0 spiro atoms. The molecule has 4 rings (SSSR count). The maximum absolute atomic E-state index is 13.0. The zero-order valence-electron chi connectivity index (χ0n) is 16.0. The molecule has 1 fully saturated rings. The topological polar surface area (TPSA) is 92.3 Å². The lowest BCUT2D eigenvalue weighted by molar-refractivity contribution is 0.0963. The van der Waals surface area contributed by atoms with Gasteiger partial charge in [0.05, 0.1) is 23.8 Å². The second kappa shape index (κ2) is 8.50. The summed E-state index contributed by atoms with van der Waals surface area (Å²) in [6.07, 6.45) is 1.36. The van der Waals surface area contributed by atoms with E-state index in [9.17, 15) is 9.18 Å². The van der Waals surface area contributed by atoms with Gasteiger partial charge < -0.3 is 20.3 Å². The average Bonchev–Trinajstić information content (AvgIpc) is 2.73. The molecule has 2 heterocycles. The van der Waals surface area contributed by atoms with Gasteiger partial charge in [-0.15, -0.1) is 0 Å². The second-order valence-electron chi connectivity index (χ2n) is 6.61. The van der Waals surface area contributed by atoms with Gasteiger partial charge >= 0.3 is 0 Å². The van der Waals surface area contributed by atoms with Crippen molar-refractivity contribution in [3.8, 4) is 5.75 Å². The lowest BCUT2D eigenvalue weighted by Crippen LogP contribution is -2.54. The summed E-state index contributed by atoms with van der Waals surface area (Å²) >= 11 is 6.22. The molecule has 10 heteroatoms. The van der Waals surface area contributed by atoms with Crippen LogP contribution in [-0.4, -0.2) is 47.1 Å². The molecule has 1 aromatic heterocycles. The molecule has 1 saturated heterocycles. The summed E-state index contributed by atoms with van der Waals surface area (Å²) in [4.78, 5) is 26.5. The van der Waals surface area contributed by atoms with Gasteiger partial charge in [0.25, 0.3) is 5.91 Å². The lowest BCUT2D eigenvalue weighted by atomic mass is 10.2. The molecule has 8 nitrogen and oxygen atoms in total. The van der Waals surface area contributed by atoms with Crippen LogP contribution in [0.25, 0.3) is 0 Å². The van der Waals surface area contributed by atoms with Crippen LogP contribution in [-0.2, 0) is 0 Å². The SMILES string of the molecule is CNC(=O)c1ccc(Cl)c(Nc2ncnc(N3CC(Oc4ccc(F)cc4)C3)n2)c1. The van der Waals surface area contributed by atoms with E-state index in [4.69, 9.17) is 16.3 Å². The van der Waals surface area contributed by atoms with Crippen LogP contribution in [0.1, 0.15) is 10.4 Å². The van der Waals surface area contributed by atoms with Crippen LogP contribution in [0.4, 0.5) is 22.0 Å². The second-order valence-corrected chi connectivity index (χ2v) is 7.01. The van der Waals surface area contributed by atoms with Crippen LogP contribution in [0, 0.1) is 5.82 Å². The van der Waals surface area contributed by atoms with Crippen molar-refractivity contribution >= 4 is 35.1 Å². The Bertz CT molecular complexity index is 1060. The third-order valence-corrected chi connectivity index (χ3v) is 4.84. The number of halogens is 2. The summed E-state index contributed by atoms with van der Waals surface area (Å²) in [6.45, 7) is 1.18. The van der Waals surface area contributed by atoms with Crippen LogP contribution in [0.15, 0.2) is 48.8 Å². The summed E-state index contributed by atoms with van der Waals surface area (Å²) in [5, 5.41) is 6.02. The zero-order chi connectivity index (χ0) is 21.1. The number of nitrogens with zero attached hydrogens (tertiary/aromatic N) is 4. The monoisotopic (exact) mass is 428 g/mol. The first-order chi connectivity index (χ1) is 14.5. The van der Waals surface area contributed by atoms with E-state index in [1.54, 1.807) is 37.4 Å². The Kier molecular flexibility index (Phi) is 5.62. The van der Waals surface area contributed by atoms with Gasteiger partial charge in [-0.3, -0.25) is 4.79 Å². The van der Waals surface area contributed by atoms with Crippen LogP contribution in [0.5, 0.6) is 5.75 Å². The number of ether oxygens (including phenoxy) is 1. The highest BCUT2D eigenvalue weighted by molar-refractivity contribution is 6.33. The van der Waals surface area contributed by atoms with Crippen molar-refractivity contribution in [2.75, 3.05) is 30.4 Å². The van der Waals surface area contributed by atoms with E-state index in [0.29, 0.717) is 47.0 Å². The molecule has 2 aromatic carbocycles. The van der Waals surface area contributed by atoms with Crippen molar-refractivity contribution in [3.63, 3.8) is 0 Å². The predicted octanol–water partition coefficient (Wildman–Crippen LogP) is 3.03. The van der Waals surface area contributed by atoms with Crippen molar-refractivity contribution in [2.45, 2.75) is 6.10 Å². The Morgan fingerprint density at radius 2 is 1.97 bits per heavy atom. The smallest absolute Gasteiger partial charge is 0.251 e. The highest BCUT2D eigenvalue weighted by Gasteiger charge is 2.30. The van der Waals surface area contributed by atoms with Gasteiger partial charge in [0.15, 0.2) is 0 Å². The van der Waals surface area contributed by atoms with Crippen molar-refractivity contribution < 1.29 is 13.9 Å². The van der Waals surface area contributed by atoms with Crippen LogP contribution < -0.4 is 20.3 Å². The quantitative estimate of drug-likeness (QED) is 0.623. The highest BCUT2D eigenvalue weighted by Crippen LogP contribution is 2.27. The molecule has 154 valence electrons. The van der Waals surface area contributed by atoms with Crippen LogP contribution in [0.2, 0.25) is 5.02 Å². The molecule has 0 aliphatic carbocycles. The van der Waals surface area contributed by atoms with Gasteiger partial charge in [-0.2, -0.15) is 4.98 Å². The number of carbonyl (C=O) groups is 1. The predicted molar refractivity (Wildman–Crippen MR) is 111 cm³/mol. The minimum atomic E-state index is -0.302. The molecular weight excluding hydrogens is 411 g/mol. The summed E-state index contributed by atoms with van der Waals surface area (Å²) in [5.74, 6) is 0.885. The minimum absolute atomic E-state index is 0.0395. The van der Waals surface area contributed by atoms with Crippen LogP contribution >= 0.6 is 11.6 Å². The molecule has 0 bridgehead atoms. The van der Waals surface area contributed by atoms with Crippen molar-refractivity contribution in [3.05, 3.63) is 65.2 Å². The number of hydrogen-bond donors (Lipinski definition) is 2. The standard InChI is InChI=1S/C20H18ClFN6O2/c1-23-18(29)12-2-7-16(21)17(8-12)26-19-24-11-25-20(27-19)28-9-15(10-28)30-14-5-3-13(22)4-6-14/h2-8,11,15H,9-10H2,1H3,(H,23,29)(H,24,25,26,27). The first-order valence-corrected chi connectivity index (χ1v) is 9.54. The molecule has 0 radical (unpaired) electrons. The van der Waals surface area contributed by atoms with E-state index in [1.807, 2.05) is 4.90 Å². The summed E-state index contributed by atoms with van der Waals surface area (Å²) < 4.78 is 18.8. The largest absolute Gasteiger partial charge is 0.487 e. The Balaban J connectivity index is 1.40. The van der Waals surface area contributed by atoms with Crippen molar-refractivity contribution in [2.24, 2.45) is 0 Å². The molecule has 1 amide bonds. The van der Waals surface area contributed by atoms with E-state index < -0.39 is 0 Å². The Morgan fingerprint density at radius 3 is 2.70 bits per heavy atom. The molecule has 1 aliphatic rings. The fourth-order valence-electron chi connectivity index (χ4n) is 2.91. The number of amides is 1. The Morgan fingerprint density at radius 1 is 1.20 bits per heavy atom. The Hall–Kier alpha value is -3.46. The fraction of sp³-hybridized carbons (Fsp3) is 0.200. The van der Waals surface area contributed by atoms with Gasteiger partial charge in [0, 0.05) is 12.6 Å². The molecule has 0 saturated carbocycles. The molecular formula is C20H18ClFN6O2. The molecule has 30 heavy (non-hydrogen) atoms. The molecule has 2 N–H and O–H groups in total. The number of hydrogen-bond acceptors (Lipinski definition) is 7. The summed E-state index contributed by atoms with van der Waals surface area (Å²) in [6, 6.07) is 10.8. The van der Waals surface area contributed by atoms with Gasteiger partial charge in [-0.25, -0.2) is 14.4 Å². The number of benzene rings is 2. The molecule has 0 atom stereocenters. The third-order valence-electron chi connectivity index (χ3n) is 4.51. The maximum Gasteiger partial charge on any atom is 0.251 e. The third kappa shape index (κ3) is 4.41. The van der Waals surface area contributed by atoms with Crippen molar-refractivity contribution in [1.29, 1.82) is 0 Å². The van der Waals surface area contributed by atoms with Gasteiger partial charge in [-0.05, 0) is 42.5 Å². The number of carbonyl (C=O) groups excluding carboxylic acids is 1. The minimum Gasteiger partial charge on any atom is -0.487 e. The van der Waals surface area contributed by atoms with Crippen molar-refractivity contribution in [1.82, 2.24) is 20.3 Å². The molecule has 1 aliphatic heterocycles. The lowest BCUT2D eigenvalue weighted by Gasteiger charge is -2.38. The van der Waals surface area contributed by atoms with Gasteiger partial charge in [0.2, 0.25) is 11.9 Å². The fourth-order valence-corrected chi connectivity index (χ4v) is 3.07. The molecule has 3 aromatic rings. The van der Waals surface area contributed by atoms with Crippen LogP contribution in [0.3, 0.4) is 0 Å². The van der Waals surface area contributed by atoms with E-state index >= 15 is 0 Å². The van der Waals surface area contributed by atoms with E-state index in [2.05, 4.69) is 25.6 Å². The van der Waals surface area contributed by atoms with Gasteiger partial charge in [-0.1, -0.05) is 11.6 Å². The average molecular weight is 429 g/mol. The molecule has 0 unspecified atom stereocenters. The Labute approximate surface area is 177 Å². The number of aromatic nitrogens is 3. The van der Waals surface area contributed by atoms with Gasteiger partial charge in [0.1, 0.15) is 24.0 Å². The van der Waals surface area contributed by atoms with E-state index in [1.165, 1.54) is 18.5 Å². The first-order valence-electron chi connectivity index (χ1n) is 9.16. The normalized spacial score (nSPS) is 13.5. The number of nitrogens with one attached hydrogen (secondary N) is 2.